The van der Waals surface area contributed by atoms with Gasteiger partial charge in [-0.05, 0) is 36.8 Å². The topological polar surface area (TPSA) is 63.3 Å². The van der Waals surface area contributed by atoms with Crippen LogP contribution < -0.4 is 5.73 Å². The van der Waals surface area contributed by atoms with Gasteiger partial charge in [-0.25, -0.2) is 0 Å². The SMILES string of the molecule is NC(=O)C(CCc1ccccc1)C(O)CCc1ccccc1. The van der Waals surface area contributed by atoms with Gasteiger partial charge in [0.2, 0.25) is 5.91 Å². The van der Waals surface area contributed by atoms with Gasteiger partial charge in [-0.2, -0.15) is 0 Å². The van der Waals surface area contributed by atoms with E-state index in [2.05, 4.69) is 0 Å². The Morgan fingerprint density at radius 1 is 0.864 bits per heavy atom. The van der Waals surface area contributed by atoms with Crippen molar-refractivity contribution in [3.63, 3.8) is 0 Å². The summed E-state index contributed by atoms with van der Waals surface area (Å²) in [5.41, 5.74) is 7.79. The molecule has 3 nitrogen and oxygen atoms in total. The van der Waals surface area contributed by atoms with E-state index in [4.69, 9.17) is 5.73 Å². The summed E-state index contributed by atoms with van der Waals surface area (Å²) in [5.74, 6) is -0.916. The Labute approximate surface area is 131 Å². The molecule has 3 N–H and O–H groups in total. The quantitative estimate of drug-likeness (QED) is 0.787. The predicted molar refractivity (Wildman–Crippen MR) is 88.2 cm³/mol. The van der Waals surface area contributed by atoms with Crippen LogP contribution in [0, 0.1) is 5.92 Å². The van der Waals surface area contributed by atoms with E-state index in [0.29, 0.717) is 12.8 Å². The van der Waals surface area contributed by atoms with Gasteiger partial charge in [0.05, 0.1) is 12.0 Å². The predicted octanol–water partition coefficient (Wildman–Crippen LogP) is 2.71. The largest absolute Gasteiger partial charge is 0.392 e. The number of hydrogen-bond acceptors (Lipinski definition) is 2. The second-order valence-corrected chi connectivity index (χ2v) is 5.62. The molecule has 3 heteroatoms. The van der Waals surface area contributed by atoms with Crippen molar-refractivity contribution in [2.24, 2.45) is 11.7 Å². The number of primary amides is 1. The van der Waals surface area contributed by atoms with Crippen LogP contribution in [0.2, 0.25) is 0 Å². The highest BCUT2D eigenvalue weighted by molar-refractivity contribution is 5.77. The number of nitrogens with two attached hydrogens (primary N) is 1. The standard InChI is InChI=1S/C19H23NO2/c20-19(22)17(13-11-15-7-3-1-4-8-15)18(21)14-12-16-9-5-2-6-10-16/h1-10,17-18,21H,11-14H2,(H2,20,22). The van der Waals surface area contributed by atoms with Gasteiger partial charge in [0, 0.05) is 0 Å². The van der Waals surface area contributed by atoms with Gasteiger partial charge in [-0.3, -0.25) is 4.79 Å². The summed E-state index contributed by atoms with van der Waals surface area (Å²) in [6.45, 7) is 0. The van der Waals surface area contributed by atoms with Crippen LogP contribution in [0.15, 0.2) is 60.7 Å². The van der Waals surface area contributed by atoms with Crippen LogP contribution in [-0.4, -0.2) is 17.1 Å². The van der Waals surface area contributed by atoms with Crippen LogP contribution in [0.1, 0.15) is 24.0 Å². The van der Waals surface area contributed by atoms with Crippen molar-refractivity contribution in [3.05, 3.63) is 71.8 Å². The Hall–Kier alpha value is -2.13. The molecule has 2 rings (SSSR count). The Morgan fingerprint density at radius 2 is 1.32 bits per heavy atom. The maximum atomic E-state index is 11.6. The first kappa shape index (κ1) is 16.2. The Morgan fingerprint density at radius 3 is 1.77 bits per heavy atom. The lowest BCUT2D eigenvalue weighted by Crippen LogP contribution is -2.34. The van der Waals surface area contributed by atoms with E-state index < -0.39 is 17.9 Å². The second-order valence-electron chi connectivity index (χ2n) is 5.62. The first-order chi connectivity index (χ1) is 10.7. The number of rotatable bonds is 8. The monoisotopic (exact) mass is 297 g/mol. The van der Waals surface area contributed by atoms with Gasteiger partial charge in [-0.15, -0.1) is 0 Å². The number of amides is 1. The van der Waals surface area contributed by atoms with E-state index in [1.54, 1.807) is 0 Å². The summed E-state index contributed by atoms with van der Waals surface area (Å²) in [4.78, 5) is 11.6. The van der Waals surface area contributed by atoms with Crippen LogP contribution >= 0.6 is 0 Å². The molecule has 2 aromatic carbocycles. The van der Waals surface area contributed by atoms with Crippen molar-refractivity contribution in [2.45, 2.75) is 31.8 Å². The van der Waals surface area contributed by atoms with Crippen molar-refractivity contribution < 1.29 is 9.90 Å². The lowest BCUT2D eigenvalue weighted by molar-refractivity contribution is -0.125. The first-order valence-electron chi connectivity index (χ1n) is 7.72. The normalized spacial score (nSPS) is 13.5. The third kappa shape index (κ3) is 5.01. The van der Waals surface area contributed by atoms with Crippen LogP contribution in [0.3, 0.4) is 0 Å². The number of aliphatic hydroxyl groups excluding tert-OH is 1. The molecular weight excluding hydrogens is 274 g/mol. The molecule has 2 atom stereocenters. The second kappa shape index (κ2) is 8.35. The molecule has 0 radical (unpaired) electrons. The molecule has 0 saturated heterocycles. The molecule has 2 unspecified atom stereocenters. The van der Waals surface area contributed by atoms with Crippen molar-refractivity contribution in [3.8, 4) is 0 Å². The molecule has 0 saturated carbocycles. The van der Waals surface area contributed by atoms with Crippen LogP contribution in [0.4, 0.5) is 0 Å². The van der Waals surface area contributed by atoms with Crippen LogP contribution in [0.5, 0.6) is 0 Å². The number of aliphatic hydroxyl groups is 1. The van der Waals surface area contributed by atoms with E-state index in [1.807, 2.05) is 60.7 Å². The number of carbonyl (C=O) groups excluding carboxylic acids is 1. The van der Waals surface area contributed by atoms with E-state index in [0.717, 1.165) is 24.0 Å². The average Bonchev–Trinajstić information content (AvgIpc) is 2.55. The fraction of sp³-hybridized carbons (Fsp3) is 0.316. The van der Waals surface area contributed by atoms with Crippen LogP contribution in [-0.2, 0) is 17.6 Å². The minimum Gasteiger partial charge on any atom is -0.392 e. The third-order valence-corrected chi connectivity index (χ3v) is 3.99. The van der Waals surface area contributed by atoms with Gasteiger partial charge in [-0.1, -0.05) is 60.7 Å². The fourth-order valence-electron chi connectivity index (χ4n) is 2.65. The van der Waals surface area contributed by atoms with E-state index in [1.165, 1.54) is 0 Å². The summed E-state index contributed by atoms with van der Waals surface area (Å²) >= 11 is 0. The summed E-state index contributed by atoms with van der Waals surface area (Å²) in [6.07, 6.45) is 1.93. The Bertz CT molecular complexity index is 569. The summed E-state index contributed by atoms with van der Waals surface area (Å²) < 4.78 is 0. The molecule has 0 aliphatic rings. The minimum atomic E-state index is -0.693. The molecule has 0 aliphatic carbocycles. The first-order valence-corrected chi connectivity index (χ1v) is 7.72. The van der Waals surface area contributed by atoms with Crippen molar-refractivity contribution in [2.75, 3.05) is 0 Å². The Balaban J connectivity index is 1.88. The third-order valence-electron chi connectivity index (χ3n) is 3.99. The van der Waals surface area contributed by atoms with Crippen LogP contribution in [0.25, 0.3) is 0 Å². The van der Waals surface area contributed by atoms with E-state index >= 15 is 0 Å². The molecule has 1 amide bonds. The number of aryl methyl sites for hydroxylation is 2. The number of benzene rings is 2. The van der Waals surface area contributed by atoms with Gasteiger partial charge in [0.25, 0.3) is 0 Å². The molecule has 22 heavy (non-hydrogen) atoms. The van der Waals surface area contributed by atoms with E-state index in [9.17, 15) is 9.90 Å². The molecular formula is C19H23NO2. The van der Waals surface area contributed by atoms with Gasteiger partial charge in [0.1, 0.15) is 0 Å². The lowest BCUT2D eigenvalue weighted by Gasteiger charge is -2.20. The molecule has 116 valence electrons. The summed E-state index contributed by atoms with van der Waals surface area (Å²) in [7, 11) is 0. The zero-order valence-electron chi connectivity index (χ0n) is 12.7. The number of carbonyl (C=O) groups is 1. The average molecular weight is 297 g/mol. The van der Waals surface area contributed by atoms with Crippen molar-refractivity contribution in [1.82, 2.24) is 0 Å². The molecule has 0 spiro atoms. The zero-order valence-corrected chi connectivity index (χ0v) is 12.7. The number of hydrogen-bond donors (Lipinski definition) is 2. The maximum Gasteiger partial charge on any atom is 0.223 e. The smallest absolute Gasteiger partial charge is 0.223 e. The van der Waals surface area contributed by atoms with Gasteiger partial charge >= 0.3 is 0 Å². The highest BCUT2D eigenvalue weighted by Crippen LogP contribution is 2.17. The van der Waals surface area contributed by atoms with Gasteiger partial charge in [0.15, 0.2) is 0 Å². The highest BCUT2D eigenvalue weighted by atomic mass is 16.3. The molecule has 0 fully saturated rings. The molecule has 2 aromatic rings. The Kier molecular flexibility index (Phi) is 6.16. The minimum absolute atomic E-state index is 0.420. The summed E-state index contributed by atoms with van der Waals surface area (Å²) in [6, 6.07) is 19.9. The molecule has 0 aromatic heterocycles. The van der Waals surface area contributed by atoms with E-state index in [-0.39, 0.29) is 0 Å². The van der Waals surface area contributed by atoms with Crippen molar-refractivity contribution in [1.29, 1.82) is 0 Å². The fourth-order valence-corrected chi connectivity index (χ4v) is 2.65. The molecule has 0 heterocycles. The van der Waals surface area contributed by atoms with Crippen molar-refractivity contribution >= 4 is 5.91 Å². The highest BCUT2D eigenvalue weighted by Gasteiger charge is 2.24. The zero-order chi connectivity index (χ0) is 15.8. The summed E-state index contributed by atoms with van der Waals surface area (Å²) in [5, 5.41) is 10.3. The molecule has 0 bridgehead atoms. The molecule has 0 aliphatic heterocycles. The maximum absolute atomic E-state index is 11.6. The van der Waals surface area contributed by atoms with Gasteiger partial charge < -0.3 is 10.8 Å². The lowest BCUT2D eigenvalue weighted by atomic mass is 9.90.